The molecular formula is C7H12N4S. The van der Waals surface area contributed by atoms with Crippen molar-refractivity contribution in [2.75, 3.05) is 6.54 Å². The number of thiol groups is 1. The summed E-state index contributed by atoms with van der Waals surface area (Å²) in [6.07, 6.45) is 1.01. The Morgan fingerprint density at radius 3 is 3.25 bits per heavy atom. The molecular weight excluding hydrogens is 172 g/mol. The number of H-pyrrole nitrogens is 1. The van der Waals surface area contributed by atoms with Gasteiger partial charge in [0.15, 0.2) is 0 Å². The van der Waals surface area contributed by atoms with Crippen molar-refractivity contribution < 1.29 is 0 Å². The summed E-state index contributed by atoms with van der Waals surface area (Å²) < 4.78 is 0. The summed E-state index contributed by atoms with van der Waals surface area (Å²) in [5.74, 6) is 0. The van der Waals surface area contributed by atoms with Crippen LogP contribution in [0.1, 0.15) is 18.3 Å². The first-order valence-corrected chi connectivity index (χ1v) is 4.60. The van der Waals surface area contributed by atoms with Gasteiger partial charge in [0.1, 0.15) is 0 Å². The molecule has 66 valence electrons. The van der Waals surface area contributed by atoms with Crippen LogP contribution < -0.4 is 0 Å². The fraction of sp³-hybridized carbons (Fsp3) is 0.714. The van der Waals surface area contributed by atoms with Crippen molar-refractivity contribution in [3.8, 4) is 0 Å². The van der Waals surface area contributed by atoms with Crippen LogP contribution in [0.5, 0.6) is 0 Å². The Morgan fingerprint density at radius 1 is 1.67 bits per heavy atom. The monoisotopic (exact) mass is 184 g/mol. The lowest BCUT2D eigenvalue weighted by atomic mass is 10.1. The zero-order valence-electron chi connectivity index (χ0n) is 6.99. The molecule has 1 aliphatic rings. The highest BCUT2D eigenvalue weighted by Gasteiger charge is 2.20. The number of rotatable bonds is 1. The molecule has 2 rings (SSSR count). The van der Waals surface area contributed by atoms with Crippen molar-refractivity contribution in [2.24, 2.45) is 0 Å². The molecule has 1 unspecified atom stereocenters. The Labute approximate surface area is 76.8 Å². The Kier molecular flexibility index (Phi) is 2.06. The minimum atomic E-state index is 0.301. The average molecular weight is 184 g/mol. The van der Waals surface area contributed by atoms with Gasteiger partial charge in [-0.25, -0.2) is 0 Å². The minimum Gasteiger partial charge on any atom is -0.286 e. The van der Waals surface area contributed by atoms with E-state index < -0.39 is 0 Å². The second-order valence-electron chi connectivity index (χ2n) is 3.09. The van der Waals surface area contributed by atoms with Crippen LogP contribution in [0, 0.1) is 0 Å². The molecule has 0 aromatic carbocycles. The van der Waals surface area contributed by atoms with Gasteiger partial charge in [-0.3, -0.25) is 10.00 Å². The first-order chi connectivity index (χ1) is 5.77. The van der Waals surface area contributed by atoms with Gasteiger partial charge in [0.25, 0.3) is 0 Å². The topological polar surface area (TPSA) is 44.8 Å². The van der Waals surface area contributed by atoms with Crippen molar-refractivity contribution in [1.82, 2.24) is 20.3 Å². The van der Waals surface area contributed by atoms with E-state index in [1.807, 2.05) is 0 Å². The zero-order valence-corrected chi connectivity index (χ0v) is 7.88. The number of hydrogen-bond acceptors (Lipinski definition) is 4. The molecule has 1 aromatic heterocycles. The van der Waals surface area contributed by atoms with Crippen molar-refractivity contribution in [2.45, 2.75) is 25.3 Å². The maximum atomic E-state index is 4.38. The highest BCUT2D eigenvalue weighted by Crippen LogP contribution is 2.17. The van der Waals surface area contributed by atoms with Crippen LogP contribution in [-0.2, 0) is 13.0 Å². The SMILES string of the molecule is CC(S)N1CCc2[nH]nnc2C1. The van der Waals surface area contributed by atoms with Crippen molar-refractivity contribution in [3.63, 3.8) is 0 Å². The fourth-order valence-corrected chi connectivity index (χ4v) is 1.64. The van der Waals surface area contributed by atoms with E-state index in [0.29, 0.717) is 5.37 Å². The van der Waals surface area contributed by atoms with E-state index in [1.54, 1.807) is 0 Å². The molecule has 1 aromatic rings. The third-order valence-corrected chi connectivity index (χ3v) is 2.56. The number of nitrogens with one attached hydrogen (secondary N) is 1. The van der Waals surface area contributed by atoms with Gasteiger partial charge < -0.3 is 0 Å². The number of nitrogens with zero attached hydrogens (tertiary/aromatic N) is 3. The molecule has 1 N–H and O–H groups in total. The quantitative estimate of drug-likeness (QED) is 0.622. The zero-order chi connectivity index (χ0) is 8.55. The third-order valence-electron chi connectivity index (χ3n) is 2.23. The molecule has 0 saturated heterocycles. The number of hydrogen-bond donors (Lipinski definition) is 2. The molecule has 0 amide bonds. The molecule has 5 heteroatoms. The molecule has 0 bridgehead atoms. The highest BCUT2D eigenvalue weighted by molar-refractivity contribution is 7.80. The molecule has 0 fully saturated rings. The van der Waals surface area contributed by atoms with Crippen LogP contribution >= 0.6 is 12.6 Å². The van der Waals surface area contributed by atoms with Crippen molar-refractivity contribution in [1.29, 1.82) is 0 Å². The predicted molar refractivity (Wildman–Crippen MR) is 48.9 cm³/mol. The molecule has 2 heterocycles. The molecule has 0 saturated carbocycles. The summed E-state index contributed by atoms with van der Waals surface area (Å²) >= 11 is 4.38. The smallest absolute Gasteiger partial charge is 0.0997 e. The number of aromatic nitrogens is 3. The Morgan fingerprint density at radius 2 is 2.50 bits per heavy atom. The van der Waals surface area contributed by atoms with Gasteiger partial charge in [0, 0.05) is 19.5 Å². The summed E-state index contributed by atoms with van der Waals surface area (Å²) in [5.41, 5.74) is 2.25. The second kappa shape index (κ2) is 3.06. The predicted octanol–water partition coefficient (Wildman–Crippen LogP) is 0.439. The molecule has 0 spiro atoms. The van der Waals surface area contributed by atoms with Crippen LogP contribution in [0.4, 0.5) is 0 Å². The summed E-state index contributed by atoms with van der Waals surface area (Å²) in [5, 5.41) is 11.0. The van der Waals surface area contributed by atoms with Gasteiger partial charge in [-0.1, -0.05) is 5.21 Å². The maximum absolute atomic E-state index is 4.38. The first kappa shape index (κ1) is 8.07. The lowest BCUT2D eigenvalue weighted by Gasteiger charge is -2.28. The molecule has 0 aliphatic carbocycles. The van der Waals surface area contributed by atoms with E-state index in [9.17, 15) is 0 Å². The highest BCUT2D eigenvalue weighted by atomic mass is 32.1. The third kappa shape index (κ3) is 1.34. The lowest BCUT2D eigenvalue weighted by Crippen LogP contribution is -2.34. The van der Waals surface area contributed by atoms with E-state index in [0.717, 1.165) is 25.2 Å². The van der Waals surface area contributed by atoms with Gasteiger partial charge in [-0.15, -0.1) is 5.10 Å². The largest absolute Gasteiger partial charge is 0.286 e. The second-order valence-corrected chi connectivity index (χ2v) is 3.84. The van der Waals surface area contributed by atoms with E-state index >= 15 is 0 Å². The average Bonchev–Trinajstić information content (AvgIpc) is 2.49. The van der Waals surface area contributed by atoms with Crippen molar-refractivity contribution >= 4 is 12.6 Å². The number of aromatic amines is 1. The van der Waals surface area contributed by atoms with E-state index in [-0.39, 0.29) is 0 Å². The Bertz CT molecular complexity index is 270. The minimum absolute atomic E-state index is 0.301. The van der Waals surface area contributed by atoms with Gasteiger partial charge in [0.05, 0.1) is 16.8 Å². The van der Waals surface area contributed by atoms with Crippen LogP contribution in [0.2, 0.25) is 0 Å². The lowest BCUT2D eigenvalue weighted by molar-refractivity contribution is 0.244. The van der Waals surface area contributed by atoms with Crippen molar-refractivity contribution in [3.05, 3.63) is 11.4 Å². The Balaban J connectivity index is 2.15. The summed E-state index contributed by atoms with van der Waals surface area (Å²) in [6.45, 7) is 3.99. The van der Waals surface area contributed by atoms with Crippen LogP contribution in [0.25, 0.3) is 0 Å². The van der Waals surface area contributed by atoms with Gasteiger partial charge in [-0.2, -0.15) is 12.6 Å². The summed E-state index contributed by atoms with van der Waals surface area (Å²) in [6, 6.07) is 0. The molecule has 1 atom stereocenters. The van der Waals surface area contributed by atoms with Gasteiger partial charge >= 0.3 is 0 Å². The standard InChI is InChI=1S/C7H12N4S/c1-5(12)11-3-2-6-7(4-11)9-10-8-6/h5,12H,2-4H2,1H3,(H,8,9,10). The molecule has 4 nitrogen and oxygen atoms in total. The molecule has 1 aliphatic heterocycles. The van der Waals surface area contributed by atoms with Crippen LogP contribution in [-0.4, -0.2) is 32.2 Å². The first-order valence-electron chi connectivity index (χ1n) is 4.08. The molecule has 12 heavy (non-hydrogen) atoms. The van der Waals surface area contributed by atoms with Gasteiger partial charge in [-0.05, 0) is 6.92 Å². The fourth-order valence-electron chi connectivity index (χ4n) is 1.44. The van der Waals surface area contributed by atoms with Crippen LogP contribution in [0.15, 0.2) is 0 Å². The number of fused-ring (bicyclic) bond motifs is 1. The Hall–Kier alpha value is -0.550. The maximum Gasteiger partial charge on any atom is 0.0997 e. The summed E-state index contributed by atoms with van der Waals surface area (Å²) in [4.78, 5) is 2.27. The summed E-state index contributed by atoms with van der Waals surface area (Å²) in [7, 11) is 0. The van der Waals surface area contributed by atoms with E-state index in [1.165, 1.54) is 5.69 Å². The molecule has 0 radical (unpaired) electrons. The van der Waals surface area contributed by atoms with Gasteiger partial charge in [0.2, 0.25) is 0 Å². The normalized spacial score (nSPS) is 20.5. The van der Waals surface area contributed by atoms with E-state index in [2.05, 4.69) is 39.9 Å². The van der Waals surface area contributed by atoms with E-state index in [4.69, 9.17) is 0 Å². The van der Waals surface area contributed by atoms with Crippen LogP contribution in [0.3, 0.4) is 0 Å².